The molecule has 0 bridgehead atoms. The Morgan fingerprint density at radius 1 is 1.24 bits per heavy atom. The van der Waals surface area contributed by atoms with E-state index in [9.17, 15) is 0 Å². The second-order valence-corrected chi connectivity index (χ2v) is 4.41. The third-order valence-corrected chi connectivity index (χ3v) is 2.78. The van der Waals surface area contributed by atoms with Crippen LogP contribution in [0.4, 0.5) is 0 Å². The van der Waals surface area contributed by atoms with Gasteiger partial charge in [0, 0.05) is 0 Å². The maximum Gasteiger partial charge on any atom is 0.209 e. The van der Waals surface area contributed by atoms with Crippen LogP contribution in [0.15, 0.2) is 22.6 Å². The van der Waals surface area contributed by atoms with Gasteiger partial charge < -0.3 is 9.47 Å². The van der Waals surface area contributed by atoms with E-state index in [-0.39, 0.29) is 12.1 Å². The van der Waals surface area contributed by atoms with Gasteiger partial charge in [0.25, 0.3) is 0 Å². The van der Waals surface area contributed by atoms with Gasteiger partial charge in [-0.2, -0.15) is 0 Å². The second-order valence-electron chi connectivity index (χ2n) is 4.41. The number of allylic oxidation sites excluding steroid dienone is 1. The summed E-state index contributed by atoms with van der Waals surface area (Å²) in [5.41, 5.74) is 0. The fourth-order valence-corrected chi connectivity index (χ4v) is 1.82. The average molecular weight is 238 g/mol. The first-order chi connectivity index (χ1) is 8.13. The summed E-state index contributed by atoms with van der Waals surface area (Å²) in [5.74, 6) is 1.75. The summed E-state index contributed by atoms with van der Waals surface area (Å²) in [6, 6.07) is -0.0714. The molecule has 4 nitrogen and oxygen atoms in total. The molecule has 0 amide bonds. The van der Waals surface area contributed by atoms with Crippen molar-refractivity contribution in [3.05, 3.63) is 12.7 Å². The molecule has 2 atom stereocenters. The first-order valence-electron chi connectivity index (χ1n) is 5.98. The lowest BCUT2D eigenvalue weighted by Crippen LogP contribution is -2.37. The van der Waals surface area contributed by atoms with Crippen molar-refractivity contribution in [2.75, 3.05) is 14.2 Å². The predicted molar refractivity (Wildman–Crippen MR) is 70.7 cm³/mol. The molecule has 0 spiro atoms. The van der Waals surface area contributed by atoms with E-state index in [0.717, 1.165) is 12.8 Å². The Labute approximate surface area is 103 Å². The summed E-state index contributed by atoms with van der Waals surface area (Å²) in [6.45, 7) is 7.91. The lowest BCUT2D eigenvalue weighted by Gasteiger charge is -2.26. The molecule has 4 heteroatoms. The molecule has 1 rings (SSSR count). The standard InChI is InChI=1S/C13H22N2O2/c1-6-7-8-10-12(16-4)15-11(9(2)3)13(14-10)17-5/h6,9-11H,1,7-8H2,2-5H3/t10-,11-/m1/s1. The van der Waals surface area contributed by atoms with Crippen molar-refractivity contribution in [3.63, 3.8) is 0 Å². The van der Waals surface area contributed by atoms with E-state index in [2.05, 4.69) is 30.4 Å². The molecular formula is C13H22N2O2. The molecule has 96 valence electrons. The van der Waals surface area contributed by atoms with E-state index in [1.807, 2.05) is 6.08 Å². The van der Waals surface area contributed by atoms with Crippen molar-refractivity contribution in [2.24, 2.45) is 15.9 Å². The minimum atomic E-state index is -0.0389. The average Bonchev–Trinajstić information content (AvgIpc) is 2.34. The normalized spacial score (nSPS) is 24.1. The van der Waals surface area contributed by atoms with Gasteiger partial charge in [-0.3, -0.25) is 0 Å². The summed E-state index contributed by atoms with van der Waals surface area (Å²) in [5, 5.41) is 0. The third-order valence-electron chi connectivity index (χ3n) is 2.78. The van der Waals surface area contributed by atoms with Crippen LogP contribution in [-0.4, -0.2) is 38.1 Å². The summed E-state index contributed by atoms with van der Waals surface area (Å²) in [4.78, 5) is 9.17. The molecule has 0 aromatic heterocycles. The van der Waals surface area contributed by atoms with E-state index >= 15 is 0 Å². The first kappa shape index (κ1) is 13.7. The molecule has 0 unspecified atom stereocenters. The number of nitrogens with zero attached hydrogens (tertiary/aromatic N) is 2. The van der Waals surface area contributed by atoms with Gasteiger partial charge in [0.1, 0.15) is 12.1 Å². The van der Waals surface area contributed by atoms with E-state index in [1.165, 1.54) is 0 Å². The maximum absolute atomic E-state index is 5.33. The zero-order valence-corrected chi connectivity index (χ0v) is 11.1. The van der Waals surface area contributed by atoms with Crippen LogP contribution in [0.5, 0.6) is 0 Å². The third kappa shape index (κ3) is 3.32. The zero-order chi connectivity index (χ0) is 12.8. The van der Waals surface area contributed by atoms with Crippen LogP contribution in [0, 0.1) is 5.92 Å². The van der Waals surface area contributed by atoms with Gasteiger partial charge in [0.15, 0.2) is 0 Å². The van der Waals surface area contributed by atoms with Crippen molar-refractivity contribution in [1.29, 1.82) is 0 Å². The van der Waals surface area contributed by atoms with Crippen LogP contribution in [0.1, 0.15) is 26.7 Å². The van der Waals surface area contributed by atoms with Crippen molar-refractivity contribution in [2.45, 2.75) is 38.8 Å². The van der Waals surface area contributed by atoms with Crippen LogP contribution in [0.2, 0.25) is 0 Å². The maximum atomic E-state index is 5.33. The fourth-order valence-electron chi connectivity index (χ4n) is 1.82. The predicted octanol–water partition coefficient (Wildman–Crippen LogP) is 2.45. The van der Waals surface area contributed by atoms with Crippen molar-refractivity contribution >= 4 is 11.8 Å². The topological polar surface area (TPSA) is 43.2 Å². The summed E-state index contributed by atoms with van der Waals surface area (Å²) < 4.78 is 10.7. The monoisotopic (exact) mass is 238 g/mol. The Morgan fingerprint density at radius 2 is 1.88 bits per heavy atom. The molecule has 0 aromatic carbocycles. The Balaban J connectivity index is 2.89. The number of hydrogen-bond donors (Lipinski definition) is 0. The molecule has 17 heavy (non-hydrogen) atoms. The van der Waals surface area contributed by atoms with E-state index in [1.54, 1.807) is 14.2 Å². The zero-order valence-electron chi connectivity index (χ0n) is 11.1. The van der Waals surface area contributed by atoms with E-state index in [4.69, 9.17) is 9.47 Å². The molecule has 0 aromatic rings. The van der Waals surface area contributed by atoms with Gasteiger partial charge in [-0.25, -0.2) is 9.98 Å². The molecular weight excluding hydrogens is 216 g/mol. The SMILES string of the molecule is C=CCC[C@H]1N=C(OC)[C@@H](C(C)C)N=C1OC. The van der Waals surface area contributed by atoms with Gasteiger partial charge in [-0.05, 0) is 18.8 Å². The summed E-state index contributed by atoms with van der Waals surface area (Å²) in [6.07, 6.45) is 3.62. The van der Waals surface area contributed by atoms with Gasteiger partial charge in [-0.15, -0.1) is 6.58 Å². The number of hydrogen-bond acceptors (Lipinski definition) is 4. The van der Waals surface area contributed by atoms with Crippen LogP contribution in [-0.2, 0) is 9.47 Å². The summed E-state index contributed by atoms with van der Waals surface area (Å²) >= 11 is 0. The Morgan fingerprint density at radius 3 is 2.35 bits per heavy atom. The largest absolute Gasteiger partial charge is 0.483 e. The van der Waals surface area contributed by atoms with Crippen LogP contribution >= 0.6 is 0 Å². The van der Waals surface area contributed by atoms with Gasteiger partial charge in [0.05, 0.1) is 14.2 Å². The Bertz CT molecular complexity index is 321. The second kappa shape index (κ2) is 6.42. The quantitative estimate of drug-likeness (QED) is 0.706. The molecule has 0 saturated heterocycles. The van der Waals surface area contributed by atoms with Crippen LogP contribution in [0.3, 0.4) is 0 Å². The van der Waals surface area contributed by atoms with Gasteiger partial charge >= 0.3 is 0 Å². The summed E-state index contributed by atoms with van der Waals surface area (Å²) in [7, 11) is 3.29. The van der Waals surface area contributed by atoms with Crippen molar-refractivity contribution in [3.8, 4) is 0 Å². The fraction of sp³-hybridized carbons (Fsp3) is 0.692. The van der Waals surface area contributed by atoms with E-state index < -0.39 is 0 Å². The highest BCUT2D eigenvalue weighted by molar-refractivity contribution is 5.94. The molecule has 1 heterocycles. The Hall–Kier alpha value is -1.32. The minimum Gasteiger partial charge on any atom is -0.483 e. The van der Waals surface area contributed by atoms with Crippen molar-refractivity contribution < 1.29 is 9.47 Å². The smallest absolute Gasteiger partial charge is 0.209 e. The number of rotatable bonds is 4. The molecule has 0 aliphatic carbocycles. The highest BCUT2D eigenvalue weighted by Crippen LogP contribution is 2.19. The lowest BCUT2D eigenvalue weighted by molar-refractivity contribution is 0.331. The molecule has 0 N–H and O–H groups in total. The first-order valence-corrected chi connectivity index (χ1v) is 5.98. The lowest BCUT2D eigenvalue weighted by atomic mass is 10.0. The number of methoxy groups -OCH3 is 2. The molecule has 1 aliphatic heterocycles. The van der Waals surface area contributed by atoms with Gasteiger partial charge in [0.2, 0.25) is 11.8 Å². The molecule has 0 radical (unpaired) electrons. The number of aliphatic imine (C=N–C) groups is 2. The van der Waals surface area contributed by atoms with Crippen molar-refractivity contribution in [1.82, 2.24) is 0 Å². The number of ether oxygens (including phenoxy) is 2. The highest BCUT2D eigenvalue weighted by Gasteiger charge is 2.30. The molecule has 0 saturated carbocycles. The minimum absolute atomic E-state index is 0.0325. The van der Waals surface area contributed by atoms with E-state index in [0.29, 0.717) is 17.7 Å². The van der Waals surface area contributed by atoms with Crippen LogP contribution in [0.25, 0.3) is 0 Å². The van der Waals surface area contributed by atoms with Crippen LogP contribution < -0.4 is 0 Å². The highest BCUT2D eigenvalue weighted by atomic mass is 16.5. The van der Waals surface area contributed by atoms with Gasteiger partial charge in [-0.1, -0.05) is 19.9 Å². The molecule has 1 aliphatic rings. The Kier molecular flexibility index (Phi) is 5.19. The molecule has 0 fully saturated rings.